The van der Waals surface area contributed by atoms with Gasteiger partial charge in [0.25, 0.3) is 5.56 Å². The number of hydrogen-bond acceptors (Lipinski definition) is 4. The van der Waals surface area contributed by atoms with E-state index in [0.717, 1.165) is 27.8 Å². The number of aromatic amines is 1. The molecule has 0 saturated heterocycles. The molecule has 3 aromatic heterocycles. The Labute approximate surface area is 197 Å². The van der Waals surface area contributed by atoms with Gasteiger partial charge in [-0.1, -0.05) is 33.8 Å². The average molecular weight is 461 g/mol. The molecule has 0 unspecified atom stereocenters. The highest BCUT2D eigenvalue weighted by atomic mass is 32.1. The Morgan fingerprint density at radius 2 is 1.76 bits per heavy atom. The highest BCUT2D eigenvalue weighted by Gasteiger charge is 2.22. The van der Waals surface area contributed by atoms with E-state index in [2.05, 4.69) is 66.6 Å². The fourth-order valence-electron chi connectivity index (χ4n) is 3.90. The quantitative estimate of drug-likeness (QED) is 0.354. The molecule has 0 fully saturated rings. The molecule has 7 heteroatoms. The normalized spacial score (nSPS) is 11.4. The second-order valence-corrected chi connectivity index (χ2v) is 9.68. The number of anilines is 2. The van der Waals surface area contributed by atoms with Crippen molar-refractivity contribution < 1.29 is 4.79 Å². The van der Waals surface area contributed by atoms with Crippen LogP contribution in [0.25, 0.3) is 21.5 Å². The first-order valence-corrected chi connectivity index (χ1v) is 11.9. The van der Waals surface area contributed by atoms with Gasteiger partial charge in [0.15, 0.2) is 0 Å². The molecule has 4 aromatic rings. The molecule has 0 atom stereocenters. The fourth-order valence-corrected chi connectivity index (χ4v) is 4.62. The van der Waals surface area contributed by atoms with E-state index in [4.69, 9.17) is 0 Å². The highest BCUT2D eigenvalue weighted by Crippen LogP contribution is 2.38. The number of nitrogens with zero attached hydrogens (tertiary/aromatic N) is 2. The summed E-state index contributed by atoms with van der Waals surface area (Å²) in [5.74, 6) is 0.413. The van der Waals surface area contributed by atoms with E-state index in [1.807, 2.05) is 12.1 Å². The molecule has 0 bridgehead atoms. The summed E-state index contributed by atoms with van der Waals surface area (Å²) in [6.45, 7) is 8.49. The van der Waals surface area contributed by atoms with Crippen LogP contribution < -0.4 is 15.8 Å². The van der Waals surface area contributed by atoms with E-state index in [9.17, 15) is 9.59 Å². The van der Waals surface area contributed by atoms with Crippen molar-refractivity contribution in [3.63, 3.8) is 0 Å². The number of nitrogens with one attached hydrogen (secondary N) is 2. The van der Waals surface area contributed by atoms with Crippen LogP contribution in [0.1, 0.15) is 50.7 Å². The maximum atomic E-state index is 13.3. The summed E-state index contributed by atoms with van der Waals surface area (Å²) in [6.07, 6.45) is 1.62. The minimum Gasteiger partial charge on any atom is -0.307 e. The second kappa shape index (κ2) is 9.19. The largest absolute Gasteiger partial charge is 0.326 e. The zero-order valence-corrected chi connectivity index (χ0v) is 20.3. The molecule has 0 aliphatic heterocycles. The molecule has 1 aromatic carbocycles. The molecule has 2 N–H and O–H groups in total. The fraction of sp³-hybridized carbons (Fsp3) is 0.269. The first-order chi connectivity index (χ1) is 15.8. The van der Waals surface area contributed by atoms with Crippen LogP contribution in [0.3, 0.4) is 0 Å². The summed E-state index contributed by atoms with van der Waals surface area (Å²) in [5, 5.41) is 5.94. The molecule has 33 heavy (non-hydrogen) atoms. The minimum atomic E-state index is -0.364. The number of thiophene rings is 1. The number of carbonyl (C=O) groups excluding carboxylic acids is 1. The highest BCUT2D eigenvalue weighted by molar-refractivity contribution is 7.13. The van der Waals surface area contributed by atoms with E-state index in [-0.39, 0.29) is 29.1 Å². The molecule has 0 saturated carbocycles. The van der Waals surface area contributed by atoms with Gasteiger partial charge in [0, 0.05) is 29.2 Å². The summed E-state index contributed by atoms with van der Waals surface area (Å²) in [6, 6.07) is 13.4. The number of hydrogen-bond donors (Lipinski definition) is 2. The van der Waals surface area contributed by atoms with Crippen LogP contribution in [0.2, 0.25) is 0 Å². The molecule has 6 nitrogen and oxygen atoms in total. The Hall–Kier alpha value is -3.45. The molecule has 0 spiro atoms. The number of benzene rings is 1. The van der Waals surface area contributed by atoms with Crippen molar-refractivity contribution in [2.24, 2.45) is 0 Å². The molecular formula is C26H28N4O2S. The summed E-state index contributed by atoms with van der Waals surface area (Å²) >= 11 is 1.70. The van der Waals surface area contributed by atoms with Crippen LogP contribution >= 0.6 is 11.3 Å². The average Bonchev–Trinajstić information content (AvgIpc) is 3.32. The van der Waals surface area contributed by atoms with Gasteiger partial charge in [-0.25, -0.2) is 9.78 Å². The summed E-state index contributed by atoms with van der Waals surface area (Å²) in [5.41, 5.74) is 4.51. The first kappa shape index (κ1) is 22.7. The maximum absolute atomic E-state index is 13.3. The predicted molar refractivity (Wildman–Crippen MR) is 138 cm³/mol. The molecular weight excluding hydrogens is 432 g/mol. The van der Waals surface area contributed by atoms with Crippen LogP contribution in [0.4, 0.5) is 16.2 Å². The number of aromatic nitrogens is 2. The molecule has 2 amide bonds. The van der Waals surface area contributed by atoms with Crippen LogP contribution in [0, 0.1) is 0 Å². The van der Waals surface area contributed by atoms with Gasteiger partial charge in [-0.2, -0.15) is 0 Å². The van der Waals surface area contributed by atoms with Crippen molar-refractivity contribution >= 4 is 39.8 Å². The van der Waals surface area contributed by atoms with E-state index in [0.29, 0.717) is 5.65 Å². The van der Waals surface area contributed by atoms with E-state index in [1.165, 1.54) is 9.78 Å². The molecule has 3 heterocycles. The van der Waals surface area contributed by atoms with Crippen molar-refractivity contribution in [2.45, 2.75) is 39.5 Å². The van der Waals surface area contributed by atoms with Crippen LogP contribution in [0.5, 0.6) is 0 Å². The first-order valence-electron chi connectivity index (χ1n) is 11.0. The molecule has 0 radical (unpaired) electrons. The predicted octanol–water partition coefficient (Wildman–Crippen LogP) is 6.57. The van der Waals surface area contributed by atoms with Gasteiger partial charge >= 0.3 is 6.03 Å². The van der Waals surface area contributed by atoms with Crippen molar-refractivity contribution in [1.82, 2.24) is 9.97 Å². The lowest BCUT2D eigenvalue weighted by Crippen LogP contribution is -2.35. The zero-order chi connectivity index (χ0) is 23.7. The maximum Gasteiger partial charge on any atom is 0.326 e. The monoisotopic (exact) mass is 460 g/mol. The van der Waals surface area contributed by atoms with Crippen molar-refractivity contribution in [3.05, 3.63) is 75.5 Å². The zero-order valence-electron chi connectivity index (χ0n) is 19.5. The van der Waals surface area contributed by atoms with Gasteiger partial charge in [-0.3, -0.25) is 9.69 Å². The third kappa shape index (κ3) is 4.54. The number of carbonyl (C=O) groups is 1. The number of fused-ring (bicyclic) bond motifs is 1. The van der Waals surface area contributed by atoms with Crippen molar-refractivity contribution in [2.75, 3.05) is 17.3 Å². The number of rotatable bonds is 5. The number of amides is 2. The Balaban J connectivity index is 1.74. The van der Waals surface area contributed by atoms with Crippen LogP contribution in [-0.4, -0.2) is 23.0 Å². The van der Waals surface area contributed by atoms with E-state index < -0.39 is 0 Å². The van der Waals surface area contributed by atoms with Gasteiger partial charge in [0.2, 0.25) is 0 Å². The number of H-pyrrole nitrogens is 1. The molecule has 0 aliphatic rings. The number of urea groups is 1. The topological polar surface area (TPSA) is 78.1 Å². The smallest absolute Gasteiger partial charge is 0.307 e. The van der Waals surface area contributed by atoms with Gasteiger partial charge in [0.1, 0.15) is 11.3 Å². The second-order valence-electron chi connectivity index (χ2n) is 8.73. The minimum absolute atomic E-state index is 0.207. The summed E-state index contributed by atoms with van der Waals surface area (Å²) < 4.78 is 0. The molecule has 0 aliphatic carbocycles. The number of pyridine rings is 2. The van der Waals surface area contributed by atoms with E-state index in [1.54, 1.807) is 36.7 Å². The Morgan fingerprint density at radius 3 is 2.36 bits per heavy atom. The Kier molecular flexibility index (Phi) is 6.33. The third-order valence-electron chi connectivity index (χ3n) is 5.74. The lowest BCUT2D eigenvalue weighted by molar-refractivity contribution is 0.258. The lowest BCUT2D eigenvalue weighted by Gasteiger charge is -2.24. The van der Waals surface area contributed by atoms with Gasteiger partial charge in [-0.05, 0) is 70.3 Å². The summed E-state index contributed by atoms with van der Waals surface area (Å²) in [7, 11) is 1.60. The third-order valence-corrected chi connectivity index (χ3v) is 6.66. The SMILES string of the molecule is CC(C)c1cc(-c2cccs2)cc(C(C)C)c1NC(=O)N(C)c1cc2cccnc2[nH]c1=O. The van der Waals surface area contributed by atoms with Gasteiger partial charge in [-0.15, -0.1) is 11.3 Å². The Bertz CT molecular complexity index is 1330. The Morgan fingerprint density at radius 1 is 1.06 bits per heavy atom. The van der Waals surface area contributed by atoms with Crippen molar-refractivity contribution in [3.8, 4) is 10.4 Å². The summed E-state index contributed by atoms with van der Waals surface area (Å²) in [4.78, 5) is 35.4. The standard InChI is InChI=1S/C26H28N4O2S/c1-15(2)19-12-18(22-9-7-11-33-22)13-20(16(3)4)23(19)28-26(32)30(5)21-14-17-8-6-10-27-24(17)29-25(21)31/h6-16H,1-5H3,(H,28,32)(H,27,29,31). The van der Waals surface area contributed by atoms with E-state index >= 15 is 0 Å². The van der Waals surface area contributed by atoms with Crippen LogP contribution in [0.15, 0.2) is 58.8 Å². The molecule has 4 rings (SSSR count). The van der Waals surface area contributed by atoms with Gasteiger partial charge < -0.3 is 10.3 Å². The van der Waals surface area contributed by atoms with Crippen LogP contribution in [-0.2, 0) is 0 Å². The lowest BCUT2D eigenvalue weighted by atomic mass is 9.90. The molecule has 170 valence electrons. The van der Waals surface area contributed by atoms with Crippen molar-refractivity contribution in [1.29, 1.82) is 0 Å². The van der Waals surface area contributed by atoms with Gasteiger partial charge in [0.05, 0.1) is 0 Å².